The van der Waals surface area contributed by atoms with Crippen molar-refractivity contribution in [2.24, 2.45) is 0 Å². The van der Waals surface area contributed by atoms with E-state index in [0.29, 0.717) is 23.7 Å². The molecule has 0 aromatic heterocycles. The predicted octanol–water partition coefficient (Wildman–Crippen LogP) is 13.7. The summed E-state index contributed by atoms with van der Waals surface area (Å²) in [7, 11) is 0. The predicted molar refractivity (Wildman–Crippen MR) is 202 cm³/mol. The maximum atomic E-state index is 2.63. The van der Waals surface area contributed by atoms with Gasteiger partial charge < -0.3 is 0 Å². The van der Waals surface area contributed by atoms with Gasteiger partial charge in [-0.1, -0.05) is 119 Å². The third-order valence-corrected chi connectivity index (χ3v) is 12.1. The second-order valence-electron chi connectivity index (χ2n) is 16.9. The van der Waals surface area contributed by atoms with Crippen LogP contribution in [0.2, 0.25) is 0 Å². The molecule has 0 saturated carbocycles. The molecule has 234 valence electrons. The first-order chi connectivity index (χ1) is 21.6. The van der Waals surface area contributed by atoms with Crippen molar-refractivity contribution in [1.82, 2.24) is 0 Å². The molecule has 0 fully saturated rings. The fourth-order valence-corrected chi connectivity index (χ4v) is 9.26. The van der Waals surface area contributed by atoms with E-state index >= 15 is 0 Å². The Kier molecular flexibility index (Phi) is 6.12. The average Bonchev–Trinajstić information content (AvgIpc) is 3.00. The summed E-state index contributed by atoms with van der Waals surface area (Å²) in [5.74, 6) is 1.84. The van der Waals surface area contributed by atoms with Crippen molar-refractivity contribution in [3.8, 4) is 22.3 Å². The lowest BCUT2D eigenvalue weighted by molar-refractivity contribution is 0.641. The number of benzene rings is 6. The molecule has 0 N–H and O–H groups in total. The van der Waals surface area contributed by atoms with E-state index in [2.05, 4.69) is 144 Å². The molecule has 0 heteroatoms. The zero-order chi connectivity index (χ0) is 32.8. The molecule has 2 aliphatic carbocycles. The maximum Gasteiger partial charge on any atom is 0.0159 e. The zero-order valence-electron chi connectivity index (χ0n) is 30.1. The van der Waals surface area contributed by atoms with Crippen molar-refractivity contribution in [2.75, 3.05) is 0 Å². The first-order valence-corrected chi connectivity index (χ1v) is 17.8. The Morgan fingerprint density at radius 2 is 0.739 bits per heavy atom. The van der Waals surface area contributed by atoms with E-state index in [4.69, 9.17) is 0 Å². The molecular formula is C46H50. The highest BCUT2D eigenvalue weighted by Gasteiger charge is 2.40. The quantitative estimate of drug-likeness (QED) is 0.176. The molecule has 0 saturated heterocycles. The van der Waals surface area contributed by atoms with E-state index in [0.717, 1.165) is 0 Å². The number of hydrogen-bond donors (Lipinski definition) is 0. The highest BCUT2D eigenvalue weighted by atomic mass is 14.4. The molecule has 6 aromatic rings. The number of rotatable bonds is 4. The molecule has 8 rings (SSSR count). The Bertz CT molecular complexity index is 2080. The van der Waals surface area contributed by atoms with E-state index in [1.54, 1.807) is 0 Å². The molecule has 0 heterocycles. The van der Waals surface area contributed by atoms with E-state index in [9.17, 15) is 0 Å². The average molecular weight is 603 g/mol. The Morgan fingerprint density at radius 3 is 1.07 bits per heavy atom. The van der Waals surface area contributed by atoms with Gasteiger partial charge in [-0.25, -0.2) is 0 Å². The van der Waals surface area contributed by atoms with Crippen LogP contribution in [0.4, 0.5) is 0 Å². The van der Waals surface area contributed by atoms with Crippen LogP contribution in [0.5, 0.6) is 0 Å². The summed E-state index contributed by atoms with van der Waals surface area (Å²) in [6, 6.07) is 25.1. The molecule has 0 bridgehead atoms. The van der Waals surface area contributed by atoms with Gasteiger partial charge in [-0.15, -0.1) is 0 Å². The first-order valence-electron chi connectivity index (χ1n) is 17.8. The molecule has 0 spiro atoms. The van der Waals surface area contributed by atoms with Gasteiger partial charge in [-0.05, 0) is 147 Å². The van der Waals surface area contributed by atoms with Crippen molar-refractivity contribution in [3.63, 3.8) is 0 Å². The van der Waals surface area contributed by atoms with Gasteiger partial charge in [0.2, 0.25) is 0 Å². The third-order valence-electron chi connectivity index (χ3n) is 12.1. The minimum absolute atomic E-state index is 0.106. The smallest absolute Gasteiger partial charge is 0.0159 e. The molecule has 0 radical (unpaired) electrons. The summed E-state index contributed by atoms with van der Waals surface area (Å²) in [5, 5.41) is 8.90. The van der Waals surface area contributed by atoms with Crippen molar-refractivity contribution in [3.05, 3.63) is 105 Å². The lowest BCUT2D eigenvalue weighted by Gasteiger charge is -2.40. The summed E-state index contributed by atoms with van der Waals surface area (Å²) in [6.45, 7) is 28.7. The molecule has 0 amide bonds. The second-order valence-corrected chi connectivity index (χ2v) is 16.9. The monoisotopic (exact) mass is 602 g/mol. The van der Waals surface area contributed by atoms with Crippen LogP contribution in [-0.4, -0.2) is 0 Å². The Labute approximate surface area is 276 Å². The van der Waals surface area contributed by atoms with Crippen LogP contribution in [0.25, 0.3) is 54.6 Å². The Balaban J connectivity index is 1.64. The molecule has 0 atom stereocenters. The van der Waals surface area contributed by atoms with Gasteiger partial charge in [0.05, 0.1) is 0 Å². The van der Waals surface area contributed by atoms with Crippen LogP contribution in [0, 0.1) is 0 Å². The van der Waals surface area contributed by atoms with Gasteiger partial charge in [-0.3, -0.25) is 0 Å². The second kappa shape index (κ2) is 9.47. The van der Waals surface area contributed by atoms with Crippen LogP contribution in [-0.2, 0) is 10.8 Å². The van der Waals surface area contributed by atoms with Gasteiger partial charge in [0, 0.05) is 10.8 Å². The molecule has 46 heavy (non-hydrogen) atoms. The Morgan fingerprint density at radius 1 is 0.370 bits per heavy atom. The van der Waals surface area contributed by atoms with Crippen LogP contribution >= 0.6 is 0 Å². The molecule has 2 aliphatic rings. The van der Waals surface area contributed by atoms with Gasteiger partial charge in [-0.2, -0.15) is 0 Å². The summed E-state index contributed by atoms with van der Waals surface area (Å²) < 4.78 is 0. The van der Waals surface area contributed by atoms with E-state index in [1.165, 1.54) is 99.1 Å². The van der Waals surface area contributed by atoms with Crippen molar-refractivity contribution in [2.45, 2.75) is 118 Å². The lowest BCUT2D eigenvalue weighted by atomic mass is 9.63. The van der Waals surface area contributed by atoms with Gasteiger partial charge in [0.15, 0.2) is 0 Å². The van der Waals surface area contributed by atoms with Crippen LogP contribution in [0.15, 0.2) is 60.7 Å². The van der Waals surface area contributed by atoms with Gasteiger partial charge in [0.1, 0.15) is 0 Å². The minimum atomic E-state index is -0.106. The minimum Gasteiger partial charge on any atom is -0.0587 e. The van der Waals surface area contributed by atoms with Crippen molar-refractivity contribution >= 4 is 32.3 Å². The topological polar surface area (TPSA) is 0 Å². The summed E-state index contributed by atoms with van der Waals surface area (Å²) in [5.41, 5.74) is 17.2. The number of fused-ring (bicyclic) bond motifs is 4. The van der Waals surface area contributed by atoms with E-state index in [-0.39, 0.29) is 10.8 Å². The SMILES string of the molecule is CC(C)c1ccc2c(c1)C(C)(C)c1cc3c(C(C)C)cc4c5c(cc6c(C(C)C)cc-2c1c6c35)C(C)(C)c1cc(C(C)C)ccc1-4. The Hall–Kier alpha value is -3.64. The molecule has 6 aromatic carbocycles. The first kappa shape index (κ1) is 29.7. The molecular weight excluding hydrogens is 553 g/mol. The van der Waals surface area contributed by atoms with Crippen molar-refractivity contribution in [1.29, 1.82) is 0 Å². The van der Waals surface area contributed by atoms with E-state index in [1.807, 2.05) is 0 Å². The van der Waals surface area contributed by atoms with Crippen molar-refractivity contribution < 1.29 is 0 Å². The van der Waals surface area contributed by atoms with Crippen LogP contribution in [0.1, 0.15) is 151 Å². The number of hydrogen-bond acceptors (Lipinski definition) is 0. The molecule has 0 aliphatic heterocycles. The van der Waals surface area contributed by atoms with Gasteiger partial charge >= 0.3 is 0 Å². The summed E-state index contributed by atoms with van der Waals surface area (Å²) >= 11 is 0. The maximum absolute atomic E-state index is 2.63. The standard InChI is InChI=1S/C46H50/c1-23(2)27-13-15-29-33-19-31(25(5)6)36-22-40-42-34(30-16-14-28(24(3)4)18-38(30)46(40,11)12)20-32(26(7)8)35-21-39(41(33)43(36)44(35)42)45(9,10)37(29)17-27/h13-26H,1-12H3. The fraction of sp³-hybridized carbons (Fsp3) is 0.391. The molecule has 0 nitrogen and oxygen atoms in total. The van der Waals surface area contributed by atoms with E-state index < -0.39 is 0 Å². The normalized spacial score (nSPS) is 16.1. The van der Waals surface area contributed by atoms with Crippen LogP contribution < -0.4 is 0 Å². The van der Waals surface area contributed by atoms with Crippen LogP contribution in [0.3, 0.4) is 0 Å². The highest BCUT2D eigenvalue weighted by molar-refractivity contribution is 6.32. The molecule has 0 unspecified atom stereocenters. The van der Waals surface area contributed by atoms with Gasteiger partial charge in [0.25, 0.3) is 0 Å². The third kappa shape index (κ3) is 3.68. The lowest BCUT2D eigenvalue weighted by Crippen LogP contribution is -2.26. The highest BCUT2D eigenvalue weighted by Crippen LogP contribution is 2.59. The summed E-state index contributed by atoms with van der Waals surface area (Å²) in [6.07, 6.45) is 0. The fourth-order valence-electron chi connectivity index (χ4n) is 9.26. The summed E-state index contributed by atoms with van der Waals surface area (Å²) in [4.78, 5) is 0. The largest absolute Gasteiger partial charge is 0.0587 e. The zero-order valence-corrected chi connectivity index (χ0v) is 30.1.